The van der Waals surface area contributed by atoms with Gasteiger partial charge in [-0.15, -0.1) is 11.3 Å². The van der Waals surface area contributed by atoms with Crippen LogP contribution in [0.4, 0.5) is 0 Å². The van der Waals surface area contributed by atoms with E-state index in [9.17, 15) is 9.59 Å². The van der Waals surface area contributed by atoms with E-state index in [1.165, 1.54) is 11.3 Å². The summed E-state index contributed by atoms with van der Waals surface area (Å²) in [6.07, 6.45) is 0. The number of carbonyl (C=O) groups excluding carboxylic acids is 1. The first kappa shape index (κ1) is 19.1. The summed E-state index contributed by atoms with van der Waals surface area (Å²) in [4.78, 5) is 35.4. The third kappa shape index (κ3) is 4.01. The fourth-order valence-electron chi connectivity index (χ4n) is 2.88. The van der Waals surface area contributed by atoms with Crippen LogP contribution in [-0.4, -0.2) is 42.0 Å². The molecule has 8 heteroatoms. The number of para-hydroxylation sites is 1. The van der Waals surface area contributed by atoms with Crippen molar-refractivity contribution in [3.05, 3.63) is 56.4 Å². The van der Waals surface area contributed by atoms with Crippen LogP contribution in [0, 0.1) is 6.92 Å². The molecule has 7 nitrogen and oxygen atoms in total. The van der Waals surface area contributed by atoms with Gasteiger partial charge in [0.05, 0.1) is 23.9 Å². The van der Waals surface area contributed by atoms with E-state index in [1.54, 1.807) is 14.0 Å². The smallest absolute Gasteiger partial charge is 0.261 e. The number of hydrogen-bond acceptors (Lipinski definition) is 6. The first-order valence-electron chi connectivity index (χ1n) is 8.47. The van der Waals surface area contributed by atoms with Crippen LogP contribution in [0.5, 0.6) is 5.75 Å². The molecule has 2 N–H and O–H groups in total. The molecule has 0 aliphatic carbocycles. The van der Waals surface area contributed by atoms with Gasteiger partial charge < -0.3 is 19.9 Å². The van der Waals surface area contributed by atoms with E-state index in [4.69, 9.17) is 4.74 Å². The molecule has 1 amide bonds. The molecule has 0 bridgehead atoms. The van der Waals surface area contributed by atoms with Crippen LogP contribution in [0.1, 0.15) is 26.6 Å². The highest BCUT2D eigenvalue weighted by Gasteiger charge is 2.19. The predicted molar refractivity (Wildman–Crippen MR) is 107 cm³/mol. The molecule has 0 fully saturated rings. The standard InChI is InChI=1S/C19H22N4O3S/c1-11-15-17(24)21-14(10-23(2)3)22-19(15)27-16(11)18(25)20-9-12-7-5-6-8-13(12)26-4/h5-8H,9-10H2,1-4H3,(H,20,25)(H,21,22,24). The quantitative estimate of drug-likeness (QED) is 0.679. The Morgan fingerprint density at radius 1 is 1.33 bits per heavy atom. The molecule has 3 aromatic rings. The van der Waals surface area contributed by atoms with Gasteiger partial charge in [-0.25, -0.2) is 4.98 Å². The second kappa shape index (κ2) is 7.89. The van der Waals surface area contributed by atoms with Gasteiger partial charge in [-0.1, -0.05) is 18.2 Å². The number of aryl methyl sites for hydroxylation is 1. The Bertz CT molecular complexity index is 1040. The largest absolute Gasteiger partial charge is 0.496 e. The van der Waals surface area contributed by atoms with E-state index in [0.717, 1.165) is 11.3 Å². The average molecular weight is 386 g/mol. The highest BCUT2D eigenvalue weighted by molar-refractivity contribution is 7.20. The molecule has 27 heavy (non-hydrogen) atoms. The Morgan fingerprint density at radius 3 is 2.78 bits per heavy atom. The van der Waals surface area contributed by atoms with Crippen molar-refractivity contribution < 1.29 is 9.53 Å². The summed E-state index contributed by atoms with van der Waals surface area (Å²) in [5.74, 6) is 1.08. The molecule has 0 unspecified atom stereocenters. The number of aromatic amines is 1. The highest BCUT2D eigenvalue weighted by Crippen LogP contribution is 2.27. The molecule has 0 saturated carbocycles. The first-order valence-corrected chi connectivity index (χ1v) is 9.29. The average Bonchev–Trinajstić information content (AvgIpc) is 2.96. The lowest BCUT2D eigenvalue weighted by Crippen LogP contribution is -2.23. The Hall–Kier alpha value is -2.71. The molecule has 2 heterocycles. The second-order valence-corrected chi connectivity index (χ2v) is 7.48. The summed E-state index contributed by atoms with van der Waals surface area (Å²) >= 11 is 1.24. The molecule has 0 radical (unpaired) electrons. The summed E-state index contributed by atoms with van der Waals surface area (Å²) in [6, 6.07) is 7.52. The van der Waals surface area contributed by atoms with Gasteiger partial charge in [-0.05, 0) is 32.6 Å². The minimum Gasteiger partial charge on any atom is -0.496 e. The number of benzene rings is 1. The molecule has 142 valence electrons. The zero-order valence-corrected chi connectivity index (χ0v) is 16.6. The normalized spacial score (nSPS) is 11.1. The monoisotopic (exact) mass is 386 g/mol. The van der Waals surface area contributed by atoms with Crippen LogP contribution in [0.25, 0.3) is 10.2 Å². The molecule has 1 aromatic carbocycles. The molecule has 0 aliphatic heterocycles. The summed E-state index contributed by atoms with van der Waals surface area (Å²) in [5, 5.41) is 3.38. The number of aromatic nitrogens is 2. The fraction of sp³-hybridized carbons (Fsp3) is 0.316. The molecule has 2 aromatic heterocycles. The maximum absolute atomic E-state index is 12.7. The van der Waals surface area contributed by atoms with Crippen molar-refractivity contribution in [2.24, 2.45) is 0 Å². The number of thiophene rings is 1. The Balaban J connectivity index is 1.87. The molecule has 3 rings (SSSR count). The van der Waals surface area contributed by atoms with Gasteiger partial charge in [0.1, 0.15) is 16.4 Å². The number of amides is 1. The number of hydrogen-bond donors (Lipinski definition) is 2. The van der Waals surface area contributed by atoms with Gasteiger partial charge in [0, 0.05) is 12.1 Å². The summed E-state index contributed by atoms with van der Waals surface area (Å²) < 4.78 is 5.31. The minimum atomic E-state index is -0.227. The first-order chi connectivity index (χ1) is 12.9. The number of methoxy groups -OCH3 is 1. The third-order valence-corrected chi connectivity index (χ3v) is 5.34. The number of H-pyrrole nitrogens is 1. The van der Waals surface area contributed by atoms with Crippen molar-refractivity contribution in [2.75, 3.05) is 21.2 Å². The SMILES string of the molecule is COc1ccccc1CNC(=O)c1sc2nc(CN(C)C)[nH]c(=O)c2c1C. The highest BCUT2D eigenvalue weighted by atomic mass is 32.1. The third-order valence-electron chi connectivity index (χ3n) is 4.15. The van der Waals surface area contributed by atoms with Crippen molar-refractivity contribution in [2.45, 2.75) is 20.0 Å². The van der Waals surface area contributed by atoms with Crippen molar-refractivity contribution >= 4 is 27.5 Å². The number of nitrogens with zero attached hydrogens (tertiary/aromatic N) is 2. The molecular weight excluding hydrogens is 364 g/mol. The number of fused-ring (bicyclic) bond motifs is 1. The Kier molecular flexibility index (Phi) is 5.57. The van der Waals surface area contributed by atoms with Crippen molar-refractivity contribution in [1.82, 2.24) is 20.2 Å². The number of ether oxygens (including phenoxy) is 1. The van der Waals surface area contributed by atoms with E-state index in [1.807, 2.05) is 43.3 Å². The lowest BCUT2D eigenvalue weighted by Gasteiger charge is -2.09. The van der Waals surface area contributed by atoms with Crippen molar-refractivity contribution in [3.8, 4) is 5.75 Å². The van der Waals surface area contributed by atoms with Crippen LogP contribution in [0.2, 0.25) is 0 Å². The topological polar surface area (TPSA) is 87.3 Å². The van der Waals surface area contributed by atoms with Crippen molar-refractivity contribution in [3.63, 3.8) is 0 Å². The van der Waals surface area contributed by atoms with E-state index in [0.29, 0.717) is 39.6 Å². The van der Waals surface area contributed by atoms with E-state index in [-0.39, 0.29) is 11.5 Å². The van der Waals surface area contributed by atoms with E-state index < -0.39 is 0 Å². The molecule has 0 spiro atoms. The maximum Gasteiger partial charge on any atom is 0.261 e. The van der Waals surface area contributed by atoms with Gasteiger partial charge in [0.2, 0.25) is 0 Å². The van der Waals surface area contributed by atoms with Gasteiger partial charge >= 0.3 is 0 Å². The van der Waals surface area contributed by atoms with Gasteiger partial charge in [0.15, 0.2) is 0 Å². The molecule has 0 atom stereocenters. The number of carbonyl (C=O) groups is 1. The molecular formula is C19H22N4O3S. The van der Waals surface area contributed by atoms with Gasteiger partial charge in [-0.3, -0.25) is 9.59 Å². The predicted octanol–water partition coefficient (Wildman–Crippen LogP) is 2.29. The number of rotatable bonds is 6. The minimum absolute atomic E-state index is 0.214. The Morgan fingerprint density at radius 2 is 2.07 bits per heavy atom. The van der Waals surface area contributed by atoms with Crippen LogP contribution < -0.4 is 15.6 Å². The second-order valence-electron chi connectivity index (χ2n) is 6.48. The van der Waals surface area contributed by atoms with Crippen molar-refractivity contribution in [1.29, 1.82) is 0 Å². The lowest BCUT2D eigenvalue weighted by atomic mass is 10.2. The van der Waals surface area contributed by atoms with E-state index in [2.05, 4.69) is 15.3 Å². The molecule has 0 aliphatic rings. The Labute approximate surface area is 161 Å². The molecule has 0 saturated heterocycles. The summed E-state index contributed by atoms with van der Waals surface area (Å²) in [7, 11) is 5.40. The van der Waals surface area contributed by atoms with E-state index >= 15 is 0 Å². The zero-order chi connectivity index (χ0) is 19.6. The van der Waals surface area contributed by atoms with Crippen LogP contribution >= 0.6 is 11.3 Å². The van der Waals surface area contributed by atoms with Crippen LogP contribution in [-0.2, 0) is 13.1 Å². The van der Waals surface area contributed by atoms with Gasteiger partial charge in [0.25, 0.3) is 11.5 Å². The maximum atomic E-state index is 12.7. The summed E-state index contributed by atoms with van der Waals surface area (Å²) in [6.45, 7) is 2.64. The van der Waals surface area contributed by atoms with Crippen LogP contribution in [0.3, 0.4) is 0 Å². The van der Waals surface area contributed by atoms with Crippen LogP contribution in [0.15, 0.2) is 29.1 Å². The van der Waals surface area contributed by atoms with Gasteiger partial charge in [-0.2, -0.15) is 0 Å². The number of nitrogens with one attached hydrogen (secondary N) is 2. The zero-order valence-electron chi connectivity index (χ0n) is 15.8. The summed E-state index contributed by atoms with van der Waals surface area (Å²) in [5.41, 5.74) is 1.32. The fourth-order valence-corrected chi connectivity index (χ4v) is 4.00. The lowest BCUT2D eigenvalue weighted by molar-refractivity contribution is 0.0954.